The van der Waals surface area contributed by atoms with E-state index >= 15 is 0 Å². The maximum atomic E-state index is 13.9. The molecular weight excluding hydrogens is 411 g/mol. The first-order valence-electron chi connectivity index (χ1n) is 9.45. The highest BCUT2D eigenvalue weighted by molar-refractivity contribution is 7.21. The van der Waals surface area contributed by atoms with Crippen molar-refractivity contribution in [2.75, 3.05) is 13.1 Å². The zero-order valence-corrected chi connectivity index (χ0v) is 17.3. The van der Waals surface area contributed by atoms with Crippen molar-refractivity contribution in [1.29, 1.82) is 0 Å². The summed E-state index contributed by atoms with van der Waals surface area (Å²) >= 11 is 7.90. The molecule has 7 heteroatoms. The van der Waals surface area contributed by atoms with Crippen molar-refractivity contribution in [3.8, 4) is 11.1 Å². The molecule has 0 saturated carbocycles. The van der Waals surface area contributed by atoms with Crippen LogP contribution in [0.3, 0.4) is 0 Å². The third-order valence-corrected chi connectivity index (χ3v) is 7.56. The van der Waals surface area contributed by atoms with Crippen LogP contribution in [0.15, 0.2) is 36.4 Å². The molecule has 1 spiro atoms. The van der Waals surface area contributed by atoms with E-state index in [1.54, 1.807) is 17.9 Å². The van der Waals surface area contributed by atoms with Crippen molar-refractivity contribution >= 4 is 44.8 Å². The Hall–Kier alpha value is -2.44. The third kappa shape index (κ3) is 2.93. The van der Waals surface area contributed by atoms with Gasteiger partial charge in [-0.1, -0.05) is 35.9 Å². The van der Waals surface area contributed by atoms with Crippen LogP contribution < -0.4 is 5.32 Å². The number of hydrogen-bond donors (Lipinski definition) is 1. The minimum Gasteiger partial charge on any atom is -0.347 e. The predicted octanol–water partition coefficient (Wildman–Crippen LogP) is 4.77. The number of nitrogens with zero attached hydrogens (tertiary/aromatic N) is 1. The van der Waals surface area contributed by atoms with E-state index < -0.39 is 0 Å². The molecule has 0 unspecified atom stereocenters. The average Bonchev–Trinajstić information content (AvgIpc) is 3.23. The summed E-state index contributed by atoms with van der Waals surface area (Å²) in [6.07, 6.45) is 1.29. The second-order valence-corrected chi connectivity index (χ2v) is 9.29. The normalized spacial score (nSPS) is 17.6. The maximum absolute atomic E-state index is 13.9. The molecule has 0 aliphatic carbocycles. The first kappa shape index (κ1) is 18.6. The number of amides is 2. The van der Waals surface area contributed by atoms with E-state index in [2.05, 4.69) is 5.32 Å². The topological polar surface area (TPSA) is 49.4 Å². The number of carbonyl (C=O) groups excluding carboxylic acids is 2. The summed E-state index contributed by atoms with van der Waals surface area (Å²) in [6.45, 7) is 2.80. The second kappa shape index (κ2) is 6.54. The Balaban J connectivity index is 1.45. The lowest BCUT2D eigenvalue weighted by molar-refractivity contribution is -0.120. The smallest absolute Gasteiger partial charge is 0.265 e. The van der Waals surface area contributed by atoms with Crippen LogP contribution in [0.25, 0.3) is 21.2 Å². The molecule has 2 aliphatic rings. The van der Waals surface area contributed by atoms with Gasteiger partial charge in [0.05, 0.1) is 10.6 Å². The first-order chi connectivity index (χ1) is 13.9. The SMILES string of the molecule is Cc1c(F)cccc1-c1ccc2c(Cl)c(C(=O)N3CC4(CCC(=O)N4)C3)sc2c1. The monoisotopic (exact) mass is 428 g/mol. The van der Waals surface area contributed by atoms with Gasteiger partial charge >= 0.3 is 0 Å². The van der Waals surface area contributed by atoms with Gasteiger partial charge in [0.2, 0.25) is 5.91 Å². The summed E-state index contributed by atoms with van der Waals surface area (Å²) in [5, 5.41) is 4.26. The molecule has 4 nitrogen and oxygen atoms in total. The van der Waals surface area contributed by atoms with Crippen LogP contribution in [0.1, 0.15) is 28.1 Å². The van der Waals surface area contributed by atoms with Crippen molar-refractivity contribution in [2.24, 2.45) is 0 Å². The zero-order chi connectivity index (χ0) is 20.3. The predicted molar refractivity (Wildman–Crippen MR) is 113 cm³/mol. The van der Waals surface area contributed by atoms with Crippen LogP contribution in [0, 0.1) is 12.7 Å². The molecule has 0 bridgehead atoms. The molecule has 0 radical (unpaired) electrons. The van der Waals surface area contributed by atoms with Gasteiger partial charge in [-0.25, -0.2) is 4.39 Å². The van der Waals surface area contributed by atoms with E-state index in [0.717, 1.165) is 27.6 Å². The summed E-state index contributed by atoms with van der Waals surface area (Å²) in [7, 11) is 0. The second-order valence-electron chi connectivity index (χ2n) is 7.86. The standard InChI is InChI=1S/C22H18ClFN2O2S/c1-12-14(3-2-4-16(12)24)13-5-6-15-17(9-13)29-20(19(15)23)21(28)26-10-22(11-26)8-7-18(27)25-22/h2-6,9H,7-8,10-11H2,1H3,(H,25,27). The summed E-state index contributed by atoms with van der Waals surface area (Å²) in [5.74, 6) is -0.294. The fourth-order valence-corrected chi connectivity index (χ4v) is 5.79. The molecule has 2 fully saturated rings. The highest BCUT2D eigenvalue weighted by Crippen LogP contribution is 2.40. The van der Waals surface area contributed by atoms with Gasteiger partial charge in [-0.15, -0.1) is 11.3 Å². The van der Waals surface area contributed by atoms with E-state index in [4.69, 9.17) is 11.6 Å². The number of hydrogen-bond acceptors (Lipinski definition) is 3. The molecule has 1 N–H and O–H groups in total. The number of nitrogens with one attached hydrogen (secondary N) is 1. The minimum absolute atomic E-state index is 0.0529. The molecule has 148 valence electrons. The van der Waals surface area contributed by atoms with Crippen molar-refractivity contribution in [3.05, 3.63) is 57.7 Å². The fourth-order valence-electron chi connectivity index (χ4n) is 4.27. The Labute approximate surface area is 176 Å². The van der Waals surface area contributed by atoms with Gasteiger partial charge < -0.3 is 10.2 Å². The summed E-state index contributed by atoms with van der Waals surface area (Å²) in [6, 6.07) is 10.8. The molecule has 29 heavy (non-hydrogen) atoms. The third-order valence-electron chi connectivity index (χ3n) is 5.91. The molecule has 0 atom stereocenters. The number of carbonyl (C=O) groups is 2. The lowest BCUT2D eigenvalue weighted by Crippen LogP contribution is -2.68. The zero-order valence-electron chi connectivity index (χ0n) is 15.7. The van der Waals surface area contributed by atoms with Crippen LogP contribution in [-0.4, -0.2) is 35.3 Å². The van der Waals surface area contributed by atoms with Gasteiger partial charge in [-0.3, -0.25) is 9.59 Å². The Morgan fingerprint density at radius 2 is 2.07 bits per heavy atom. The lowest BCUT2D eigenvalue weighted by atomic mass is 9.88. The number of thiophene rings is 1. The molecule has 3 heterocycles. The van der Waals surface area contributed by atoms with Crippen molar-refractivity contribution in [3.63, 3.8) is 0 Å². The summed E-state index contributed by atoms with van der Waals surface area (Å²) < 4.78 is 14.8. The number of rotatable bonds is 2. The van der Waals surface area contributed by atoms with Crippen molar-refractivity contribution in [1.82, 2.24) is 10.2 Å². The molecule has 5 rings (SSSR count). The van der Waals surface area contributed by atoms with Crippen molar-refractivity contribution in [2.45, 2.75) is 25.3 Å². The fraction of sp³-hybridized carbons (Fsp3) is 0.273. The van der Waals surface area contributed by atoms with Crippen LogP contribution >= 0.6 is 22.9 Å². The molecule has 2 aromatic carbocycles. The van der Waals surface area contributed by atoms with Gasteiger partial charge in [0, 0.05) is 29.6 Å². The van der Waals surface area contributed by atoms with Crippen LogP contribution in [0.4, 0.5) is 4.39 Å². The Morgan fingerprint density at radius 3 is 2.79 bits per heavy atom. The van der Waals surface area contributed by atoms with E-state index in [1.165, 1.54) is 17.4 Å². The number of halogens is 2. The highest BCUT2D eigenvalue weighted by atomic mass is 35.5. The summed E-state index contributed by atoms with van der Waals surface area (Å²) in [5.41, 5.74) is 2.06. The Kier molecular flexibility index (Phi) is 4.19. The average molecular weight is 429 g/mol. The van der Waals surface area contributed by atoms with Gasteiger partial charge in [-0.2, -0.15) is 0 Å². The largest absolute Gasteiger partial charge is 0.347 e. The van der Waals surface area contributed by atoms with Crippen LogP contribution in [0.2, 0.25) is 5.02 Å². The number of fused-ring (bicyclic) bond motifs is 1. The van der Waals surface area contributed by atoms with Gasteiger partial charge in [0.1, 0.15) is 10.7 Å². The molecular formula is C22H18ClFN2O2S. The van der Waals surface area contributed by atoms with E-state index in [0.29, 0.717) is 35.0 Å². The van der Waals surface area contributed by atoms with Crippen LogP contribution in [-0.2, 0) is 4.79 Å². The van der Waals surface area contributed by atoms with Gasteiger partial charge in [0.25, 0.3) is 5.91 Å². The quantitative estimate of drug-likeness (QED) is 0.639. The van der Waals surface area contributed by atoms with Crippen LogP contribution in [0.5, 0.6) is 0 Å². The molecule has 2 aliphatic heterocycles. The van der Waals surface area contributed by atoms with E-state index in [1.807, 2.05) is 24.3 Å². The molecule has 1 aromatic heterocycles. The van der Waals surface area contributed by atoms with E-state index in [9.17, 15) is 14.0 Å². The number of benzene rings is 2. The minimum atomic E-state index is -0.252. The Morgan fingerprint density at radius 1 is 1.28 bits per heavy atom. The maximum Gasteiger partial charge on any atom is 0.265 e. The lowest BCUT2D eigenvalue weighted by Gasteiger charge is -2.47. The number of likely N-dealkylation sites (tertiary alicyclic amines) is 1. The summed E-state index contributed by atoms with van der Waals surface area (Å²) in [4.78, 5) is 26.7. The molecule has 2 saturated heterocycles. The van der Waals surface area contributed by atoms with Gasteiger partial charge in [0.15, 0.2) is 0 Å². The first-order valence-corrected chi connectivity index (χ1v) is 10.6. The molecule has 2 amide bonds. The van der Waals surface area contributed by atoms with Gasteiger partial charge in [-0.05, 0) is 42.2 Å². The highest BCUT2D eigenvalue weighted by Gasteiger charge is 2.49. The van der Waals surface area contributed by atoms with E-state index in [-0.39, 0.29) is 23.2 Å². The molecule has 3 aromatic rings. The van der Waals surface area contributed by atoms with Crippen molar-refractivity contribution < 1.29 is 14.0 Å². The Bertz CT molecular complexity index is 1180.